The van der Waals surface area contributed by atoms with Crippen LogP contribution in [-0.4, -0.2) is 59.8 Å². The van der Waals surface area contributed by atoms with Crippen LogP contribution in [0.3, 0.4) is 0 Å². The Morgan fingerprint density at radius 3 is 2.51 bits per heavy atom. The van der Waals surface area contributed by atoms with Crippen molar-refractivity contribution < 1.29 is 24.2 Å². The minimum absolute atomic E-state index is 0.00708. The second kappa shape index (κ2) is 12.8. The zero-order valence-corrected chi connectivity index (χ0v) is 28.1. The van der Waals surface area contributed by atoms with Gasteiger partial charge in [-0.05, 0) is 79.2 Å². The Morgan fingerprint density at radius 2 is 1.84 bits per heavy atom. The van der Waals surface area contributed by atoms with E-state index in [9.17, 15) is 14.7 Å². The largest absolute Gasteiger partial charge is 0.508 e. The first kappa shape index (κ1) is 31.8. The topological polar surface area (TPSA) is 93.9 Å². The van der Waals surface area contributed by atoms with Crippen LogP contribution in [0.2, 0.25) is 25.7 Å². The van der Waals surface area contributed by atoms with Gasteiger partial charge in [-0.3, -0.25) is 9.59 Å². The lowest BCUT2D eigenvalue weighted by molar-refractivity contribution is -0.148. The van der Waals surface area contributed by atoms with E-state index in [4.69, 9.17) is 14.5 Å². The number of methoxy groups -OCH3 is 1. The van der Waals surface area contributed by atoms with E-state index in [0.717, 1.165) is 54.4 Å². The highest BCUT2D eigenvalue weighted by molar-refractivity contribution is 6.76. The molecule has 0 bridgehead atoms. The number of hydrogen-bond acceptors (Lipinski definition) is 6. The van der Waals surface area contributed by atoms with Gasteiger partial charge < -0.3 is 24.0 Å². The van der Waals surface area contributed by atoms with E-state index in [2.05, 4.69) is 24.2 Å². The number of nitrogens with zero attached hydrogens (tertiary/aromatic N) is 3. The molecule has 1 aromatic carbocycles. The molecule has 2 atom stereocenters. The van der Waals surface area contributed by atoms with Crippen LogP contribution in [-0.2, 0) is 38.6 Å². The maximum Gasteiger partial charge on any atom is 0.306 e. The van der Waals surface area contributed by atoms with Gasteiger partial charge in [0.15, 0.2) is 0 Å². The minimum Gasteiger partial charge on any atom is -0.508 e. The highest BCUT2D eigenvalue weighted by Crippen LogP contribution is 2.53. The molecular formula is C34H51N3O5Si. The van der Waals surface area contributed by atoms with Gasteiger partial charge >= 0.3 is 5.97 Å². The summed E-state index contributed by atoms with van der Waals surface area (Å²) in [6.45, 7) is 12.7. The van der Waals surface area contributed by atoms with Crippen LogP contribution in [0.15, 0.2) is 18.3 Å². The lowest BCUT2D eigenvalue weighted by Gasteiger charge is -2.30. The third-order valence-corrected chi connectivity index (χ3v) is 11.8. The Bertz CT molecular complexity index is 1320. The molecule has 1 spiro atoms. The Balaban J connectivity index is 1.50. The number of aromatic nitrogens is 2. The standard InChI is InChI=1S/C34H51N3O5Si/c1-23(2)25(18-31(39)41-3)33(40)36-15-9-10-28(36)32-35-21-29(37(32)22-42-16-17-43(4,5)6)24-11-12-30(38)27-20-34(19-26(24)27)13-7-8-14-34/h11-12,21,23,25,28,38H,7-10,13-20,22H2,1-6H3/t25-,28-/m0/s1. The number of ether oxygens (including phenoxy) is 2. The van der Waals surface area contributed by atoms with Crippen LogP contribution < -0.4 is 0 Å². The highest BCUT2D eigenvalue weighted by Gasteiger charge is 2.43. The number of carbonyl (C=O) groups excluding carboxylic acids is 2. The predicted octanol–water partition coefficient (Wildman–Crippen LogP) is 6.73. The lowest BCUT2D eigenvalue weighted by atomic mass is 9.83. The Hall–Kier alpha value is -2.65. The van der Waals surface area contributed by atoms with Crippen molar-refractivity contribution in [2.45, 2.75) is 110 Å². The van der Waals surface area contributed by atoms with Crippen molar-refractivity contribution in [3.63, 3.8) is 0 Å². The number of carbonyl (C=O) groups is 2. The summed E-state index contributed by atoms with van der Waals surface area (Å²) in [5.41, 5.74) is 4.70. The predicted molar refractivity (Wildman–Crippen MR) is 170 cm³/mol. The Morgan fingerprint density at radius 1 is 1.12 bits per heavy atom. The van der Waals surface area contributed by atoms with Gasteiger partial charge in [0.25, 0.3) is 0 Å². The van der Waals surface area contributed by atoms with Gasteiger partial charge in [0.2, 0.25) is 5.91 Å². The number of esters is 1. The van der Waals surface area contributed by atoms with Gasteiger partial charge in [-0.2, -0.15) is 0 Å². The molecule has 1 aliphatic heterocycles. The van der Waals surface area contributed by atoms with Crippen LogP contribution in [0.25, 0.3) is 11.3 Å². The average Bonchev–Trinajstić information content (AvgIpc) is 3.76. The van der Waals surface area contributed by atoms with E-state index in [1.807, 2.05) is 37.1 Å². The van der Waals surface area contributed by atoms with Crippen LogP contribution >= 0.6 is 0 Å². The quantitative estimate of drug-likeness (QED) is 0.173. The summed E-state index contributed by atoms with van der Waals surface area (Å²) in [5, 5.41) is 10.9. The third kappa shape index (κ3) is 6.72. The van der Waals surface area contributed by atoms with Crippen molar-refractivity contribution in [1.82, 2.24) is 14.5 Å². The number of phenolic OH excluding ortho intramolecular Hbond substituents is 1. The van der Waals surface area contributed by atoms with E-state index in [-0.39, 0.29) is 35.7 Å². The van der Waals surface area contributed by atoms with Crippen LogP contribution in [0.1, 0.15) is 81.8 Å². The summed E-state index contributed by atoms with van der Waals surface area (Å²) in [7, 11) is 0.104. The molecule has 5 rings (SSSR count). The van der Waals surface area contributed by atoms with Crippen LogP contribution in [0.5, 0.6) is 5.75 Å². The molecule has 1 aromatic heterocycles. The second-order valence-corrected chi connectivity index (χ2v) is 20.4. The fourth-order valence-electron chi connectivity index (χ4n) is 7.53. The normalized spacial score (nSPS) is 20.3. The lowest BCUT2D eigenvalue weighted by Crippen LogP contribution is -2.39. The molecule has 1 amide bonds. The Kier molecular flexibility index (Phi) is 9.42. The minimum atomic E-state index is -1.27. The smallest absolute Gasteiger partial charge is 0.306 e. The molecule has 1 N–H and O–H groups in total. The van der Waals surface area contributed by atoms with Gasteiger partial charge in [0.1, 0.15) is 18.3 Å². The molecule has 43 heavy (non-hydrogen) atoms. The zero-order valence-electron chi connectivity index (χ0n) is 27.1. The van der Waals surface area contributed by atoms with Gasteiger partial charge in [0, 0.05) is 26.8 Å². The number of fused-ring (bicyclic) bond motifs is 1. The number of amides is 1. The van der Waals surface area contributed by atoms with Crippen molar-refractivity contribution in [1.29, 1.82) is 0 Å². The molecule has 2 aromatic rings. The van der Waals surface area contributed by atoms with E-state index >= 15 is 0 Å². The van der Waals surface area contributed by atoms with Crippen molar-refractivity contribution in [3.05, 3.63) is 35.3 Å². The van der Waals surface area contributed by atoms with Gasteiger partial charge in [0.05, 0.1) is 37.4 Å². The summed E-state index contributed by atoms with van der Waals surface area (Å²) >= 11 is 0. The number of imidazole rings is 1. The number of benzene rings is 1. The maximum atomic E-state index is 13.9. The van der Waals surface area contributed by atoms with Crippen molar-refractivity contribution in [2.24, 2.45) is 17.3 Å². The van der Waals surface area contributed by atoms with E-state index in [0.29, 0.717) is 25.6 Å². The molecule has 2 aliphatic carbocycles. The Labute approximate surface area is 258 Å². The first-order chi connectivity index (χ1) is 20.4. The summed E-state index contributed by atoms with van der Waals surface area (Å²) in [6, 6.07) is 4.77. The van der Waals surface area contributed by atoms with Crippen LogP contribution in [0, 0.1) is 17.3 Å². The summed E-state index contributed by atoms with van der Waals surface area (Å²) in [5.74, 6) is 0.446. The molecular weight excluding hydrogens is 558 g/mol. The third-order valence-electron chi connectivity index (χ3n) is 10.1. The summed E-state index contributed by atoms with van der Waals surface area (Å²) < 4.78 is 13.5. The molecule has 236 valence electrons. The molecule has 1 saturated heterocycles. The van der Waals surface area contributed by atoms with Crippen molar-refractivity contribution in [2.75, 3.05) is 20.3 Å². The second-order valence-electron chi connectivity index (χ2n) is 14.7. The molecule has 8 nitrogen and oxygen atoms in total. The SMILES string of the molecule is COC(=O)C[C@H](C(=O)N1CCC[C@H]1c1ncc(-c2ccc(O)c3c2CC2(CCCC2)C3)n1COCC[Si](C)(C)C)C(C)C. The summed E-state index contributed by atoms with van der Waals surface area (Å²) in [6.07, 6.45) is 10.6. The van der Waals surface area contributed by atoms with Gasteiger partial charge in [-0.1, -0.05) is 46.3 Å². The molecule has 0 radical (unpaired) electrons. The van der Waals surface area contributed by atoms with Gasteiger partial charge in [-0.25, -0.2) is 4.98 Å². The zero-order chi connectivity index (χ0) is 30.9. The number of aromatic hydroxyl groups is 1. The van der Waals surface area contributed by atoms with Crippen molar-refractivity contribution >= 4 is 20.0 Å². The fraction of sp³-hybridized carbons (Fsp3) is 0.676. The summed E-state index contributed by atoms with van der Waals surface area (Å²) in [4.78, 5) is 33.1. The van der Waals surface area contributed by atoms with E-state index in [1.165, 1.54) is 38.4 Å². The number of hydrogen-bond donors (Lipinski definition) is 1. The maximum absolute atomic E-state index is 13.9. The molecule has 2 heterocycles. The monoisotopic (exact) mass is 609 g/mol. The highest BCUT2D eigenvalue weighted by atomic mass is 28.3. The molecule has 0 unspecified atom stereocenters. The number of likely N-dealkylation sites (tertiary alicyclic amines) is 1. The van der Waals surface area contributed by atoms with Gasteiger partial charge in [-0.15, -0.1) is 0 Å². The average molecular weight is 610 g/mol. The van der Waals surface area contributed by atoms with E-state index in [1.54, 1.807) is 0 Å². The molecule has 3 aliphatic rings. The molecule has 2 fully saturated rings. The van der Waals surface area contributed by atoms with Crippen molar-refractivity contribution in [3.8, 4) is 17.0 Å². The van der Waals surface area contributed by atoms with Crippen LogP contribution in [0.4, 0.5) is 0 Å². The molecule has 9 heteroatoms. The first-order valence-corrected chi connectivity index (χ1v) is 20.0. The first-order valence-electron chi connectivity index (χ1n) is 16.3. The van der Waals surface area contributed by atoms with E-state index < -0.39 is 14.0 Å². The molecule has 1 saturated carbocycles. The number of phenols is 1. The number of rotatable bonds is 11. The fourth-order valence-corrected chi connectivity index (χ4v) is 8.29.